The predicted molar refractivity (Wildman–Crippen MR) is 73.1 cm³/mol. The van der Waals surface area contributed by atoms with Crippen molar-refractivity contribution in [3.8, 4) is 0 Å². The van der Waals surface area contributed by atoms with Crippen molar-refractivity contribution < 1.29 is 0 Å². The first-order valence-electron chi connectivity index (χ1n) is 6.78. The Bertz CT molecular complexity index is 421. The average molecular weight is 247 g/mol. The van der Waals surface area contributed by atoms with Crippen molar-refractivity contribution in [2.24, 2.45) is 0 Å². The van der Waals surface area contributed by atoms with Crippen LogP contribution >= 0.6 is 0 Å². The van der Waals surface area contributed by atoms with Gasteiger partial charge in [-0.25, -0.2) is 9.97 Å². The van der Waals surface area contributed by atoms with E-state index in [1.54, 1.807) is 6.33 Å². The fourth-order valence-electron chi connectivity index (χ4n) is 2.75. The predicted octanol–water partition coefficient (Wildman–Crippen LogP) is 1.11. The molecule has 2 heterocycles. The Morgan fingerprint density at radius 2 is 1.89 bits per heavy atom. The smallest absolute Gasteiger partial charge is 0.137 e. The van der Waals surface area contributed by atoms with E-state index in [0.29, 0.717) is 0 Å². The molecule has 3 rings (SSSR count). The number of aromatic nitrogens is 2. The summed E-state index contributed by atoms with van der Waals surface area (Å²) in [5.74, 6) is 2.02. The molecule has 2 aliphatic rings. The van der Waals surface area contributed by atoms with E-state index in [2.05, 4.69) is 32.0 Å². The topological polar surface area (TPSA) is 44.3 Å². The largest absolute Gasteiger partial charge is 0.373 e. The van der Waals surface area contributed by atoms with Crippen LogP contribution in [-0.2, 0) is 0 Å². The van der Waals surface area contributed by atoms with Crippen LogP contribution in [0.5, 0.6) is 0 Å². The van der Waals surface area contributed by atoms with Gasteiger partial charge < -0.3 is 10.2 Å². The summed E-state index contributed by atoms with van der Waals surface area (Å²) in [7, 11) is 1.91. The molecule has 1 aromatic rings. The average Bonchev–Trinajstić information content (AvgIpc) is 3.24. The third-order valence-electron chi connectivity index (χ3n) is 3.97. The molecular formula is C13H21N5. The minimum Gasteiger partial charge on any atom is -0.373 e. The molecule has 1 saturated heterocycles. The van der Waals surface area contributed by atoms with Crippen molar-refractivity contribution in [1.82, 2.24) is 14.9 Å². The zero-order valence-electron chi connectivity index (χ0n) is 11.2. The van der Waals surface area contributed by atoms with Gasteiger partial charge in [0.25, 0.3) is 0 Å². The highest BCUT2D eigenvalue weighted by molar-refractivity contribution is 5.57. The van der Waals surface area contributed by atoms with E-state index in [9.17, 15) is 0 Å². The maximum atomic E-state index is 4.45. The van der Waals surface area contributed by atoms with Crippen LogP contribution < -0.4 is 10.2 Å². The van der Waals surface area contributed by atoms with Crippen LogP contribution in [0.25, 0.3) is 0 Å². The minimum absolute atomic E-state index is 0.881. The molecule has 0 spiro atoms. The Kier molecular flexibility index (Phi) is 3.07. The summed E-state index contributed by atoms with van der Waals surface area (Å²) < 4.78 is 0. The molecule has 5 nitrogen and oxygen atoms in total. The van der Waals surface area contributed by atoms with Gasteiger partial charge in [-0.05, 0) is 19.8 Å². The third-order valence-corrected chi connectivity index (χ3v) is 3.97. The number of piperazine rings is 1. The monoisotopic (exact) mass is 247 g/mol. The molecular weight excluding hydrogens is 226 g/mol. The lowest BCUT2D eigenvalue weighted by Crippen LogP contribution is -2.47. The summed E-state index contributed by atoms with van der Waals surface area (Å²) in [6.07, 6.45) is 4.45. The molecule has 2 fully saturated rings. The summed E-state index contributed by atoms with van der Waals surface area (Å²) >= 11 is 0. The van der Waals surface area contributed by atoms with E-state index in [1.165, 1.54) is 25.9 Å². The molecule has 1 saturated carbocycles. The lowest BCUT2D eigenvalue weighted by molar-refractivity contribution is 0.247. The molecule has 5 heteroatoms. The summed E-state index contributed by atoms with van der Waals surface area (Å²) in [5, 5.41) is 3.12. The van der Waals surface area contributed by atoms with E-state index in [0.717, 1.165) is 36.3 Å². The molecule has 0 atom stereocenters. The normalized spacial score (nSPS) is 21.1. The molecule has 98 valence electrons. The second kappa shape index (κ2) is 4.72. The van der Waals surface area contributed by atoms with Crippen molar-refractivity contribution >= 4 is 11.6 Å². The molecule has 1 aliphatic carbocycles. The molecule has 0 bridgehead atoms. The fourth-order valence-corrected chi connectivity index (χ4v) is 2.75. The minimum atomic E-state index is 0.881. The van der Waals surface area contributed by atoms with Crippen LogP contribution in [0.2, 0.25) is 0 Å². The fraction of sp³-hybridized carbons (Fsp3) is 0.692. The van der Waals surface area contributed by atoms with E-state index in [4.69, 9.17) is 0 Å². The third kappa shape index (κ3) is 2.14. The summed E-state index contributed by atoms with van der Waals surface area (Å²) in [4.78, 5) is 13.7. The number of rotatable bonds is 3. The van der Waals surface area contributed by atoms with Gasteiger partial charge in [-0.1, -0.05) is 0 Å². The van der Waals surface area contributed by atoms with Crippen LogP contribution in [-0.4, -0.2) is 54.1 Å². The van der Waals surface area contributed by atoms with Gasteiger partial charge in [0.2, 0.25) is 0 Å². The molecule has 1 N–H and O–H groups in total. The van der Waals surface area contributed by atoms with Gasteiger partial charge in [-0.15, -0.1) is 0 Å². The highest BCUT2D eigenvalue weighted by atomic mass is 15.3. The van der Waals surface area contributed by atoms with Gasteiger partial charge in [-0.2, -0.15) is 0 Å². The first kappa shape index (κ1) is 11.7. The van der Waals surface area contributed by atoms with E-state index >= 15 is 0 Å². The molecule has 0 aromatic carbocycles. The molecule has 0 radical (unpaired) electrons. The van der Waals surface area contributed by atoms with Crippen molar-refractivity contribution in [2.75, 3.05) is 43.4 Å². The van der Waals surface area contributed by atoms with E-state index < -0.39 is 0 Å². The first-order chi connectivity index (χ1) is 8.79. The van der Waals surface area contributed by atoms with Crippen LogP contribution in [0.3, 0.4) is 0 Å². The second-order valence-electron chi connectivity index (χ2n) is 5.18. The Labute approximate surface area is 108 Å². The summed E-state index contributed by atoms with van der Waals surface area (Å²) in [6.45, 7) is 6.59. The van der Waals surface area contributed by atoms with Gasteiger partial charge in [0, 0.05) is 44.8 Å². The number of hydrogen-bond donors (Lipinski definition) is 1. The van der Waals surface area contributed by atoms with Gasteiger partial charge in [0.15, 0.2) is 0 Å². The number of nitrogens with one attached hydrogen (secondary N) is 1. The van der Waals surface area contributed by atoms with Crippen LogP contribution in [0.4, 0.5) is 11.6 Å². The van der Waals surface area contributed by atoms with Gasteiger partial charge in [-0.3, -0.25) is 4.90 Å². The number of nitrogens with zero attached hydrogens (tertiary/aromatic N) is 4. The van der Waals surface area contributed by atoms with Gasteiger partial charge >= 0.3 is 0 Å². The maximum absolute atomic E-state index is 4.45. The van der Waals surface area contributed by atoms with Crippen molar-refractivity contribution in [3.63, 3.8) is 0 Å². The first-order valence-corrected chi connectivity index (χ1v) is 6.78. The van der Waals surface area contributed by atoms with Crippen LogP contribution in [0.1, 0.15) is 18.4 Å². The van der Waals surface area contributed by atoms with Crippen LogP contribution in [0, 0.1) is 6.92 Å². The van der Waals surface area contributed by atoms with Gasteiger partial charge in [0.05, 0.1) is 0 Å². The molecule has 0 unspecified atom stereocenters. The molecule has 1 aromatic heterocycles. The lowest BCUT2D eigenvalue weighted by Gasteiger charge is -2.36. The lowest BCUT2D eigenvalue weighted by atomic mass is 10.2. The Morgan fingerprint density at radius 3 is 2.50 bits per heavy atom. The zero-order valence-corrected chi connectivity index (χ0v) is 11.2. The molecule has 0 amide bonds. The quantitative estimate of drug-likeness (QED) is 0.867. The summed E-state index contributed by atoms with van der Waals surface area (Å²) in [5.41, 5.74) is 1.15. The maximum Gasteiger partial charge on any atom is 0.137 e. The Balaban J connectivity index is 1.71. The molecule has 18 heavy (non-hydrogen) atoms. The van der Waals surface area contributed by atoms with Crippen molar-refractivity contribution in [1.29, 1.82) is 0 Å². The molecule has 1 aliphatic heterocycles. The Hall–Kier alpha value is -1.36. The Morgan fingerprint density at radius 1 is 1.17 bits per heavy atom. The SMILES string of the molecule is CNc1ncnc(N2CCN(C3CC3)CC2)c1C. The number of anilines is 2. The summed E-state index contributed by atoms with van der Waals surface area (Å²) in [6, 6.07) is 0.881. The van der Waals surface area contributed by atoms with Crippen molar-refractivity contribution in [2.45, 2.75) is 25.8 Å². The highest BCUT2D eigenvalue weighted by Crippen LogP contribution is 2.29. The zero-order chi connectivity index (χ0) is 12.5. The van der Waals surface area contributed by atoms with Gasteiger partial charge in [0.1, 0.15) is 18.0 Å². The standard InChI is InChI=1S/C13H21N5/c1-10-12(14-2)15-9-16-13(10)18-7-5-17(6-8-18)11-3-4-11/h9,11H,3-8H2,1-2H3,(H,14,15,16). The number of hydrogen-bond acceptors (Lipinski definition) is 5. The second-order valence-corrected chi connectivity index (χ2v) is 5.18. The van der Waals surface area contributed by atoms with Crippen molar-refractivity contribution in [3.05, 3.63) is 11.9 Å². The van der Waals surface area contributed by atoms with Crippen LogP contribution in [0.15, 0.2) is 6.33 Å². The van der Waals surface area contributed by atoms with E-state index in [1.807, 2.05) is 7.05 Å². The highest BCUT2D eigenvalue weighted by Gasteiger charge is 2.31. The van der Waals surface area contributed by atoms with E-state index in [-0.39, 0.29) is 0 Å².